The second kappa shape index (κ2) is 4.65. The van der Waals surface area contributed by atoms with Crippen LogP contribution in [0.4, 0.5) is 0 Å². The van der Waals surface area contributed by atoms with E-state index in [1.54, 1.807) is 0 Å². The van der Waals surface area contributed by atoms with Gasteiger partial charge in [-0.15, -0.1) is 0 Å². The third-order valence-electron chi connectivity index (χ3n) is 3.69. The molecule has 0 radical (unpaired) electrons. The summed E-state index contributed by atoms with van der Waals surface area (Å²) in [5.74, 6) is 1.96. The Morgan fingerprint density at radius 3 is 2.35 bits per heavy atom. The standard InChI is InChI=1S/C14H20N2O/c17-14(13-2-1-7-15-13)10-16(8-11-3-4-11)9-12-5-6-12/h1-2,7,11-12,15H,3-6,8-10H2. The van der Waals surface area contributed by atoms with Crippen LogP contribution in [0.25, 0.3) is 0 Å². The summed E-state index contributed by atoms with van der Waals surface area (Å²) in [5.41, 5.74) is 0.751. The number of aromatic nitrogens is 1. The minimum atomic E-state index is 0.233. The van der Waals surface area contributed by atoms with Crippen LogP contribution >= 0.6 is 0 Å². The zero-order valence-corrected chi connectivity index (χ0v) is 10.2. The first-order chi connectivity index (χ1) is 8.31. The third kappa shape index (κ3) is 3.19. The van der Waals surface area contributed by atoms with Crippen molar-refractivity contribution in [3.63, 3.8) is 0 Å². The van der Waals surface area contributed by atoms with Gasteiger partial charge in [-0.1, -0.05) is 0 Å². The number of nitrogens with zero attached hydrogens (tertiary/aromatic N) is 1. The molecule has 0 aliphatic heterocycles. The van der Waals surface area contributed by atoms with Gasteiger partial charge in [-0.05, 0) is 49.7 Å². The summed E-state index contributed by atoms with van der Waals surface area (Å²) >= 11 is 0. The topological polar surface area (TPSA) is 36.1 Å². The smallest absolute Gasteiger partial charge is 0.192 e. The maximum atomic E-state index is 12.0. The Morgan fingerprint density at radius 1 is 1.24 bits per heavy atom. The largest absolute Gasteiger partial charge is 0.359 e. The van der Waals surface area contributed by atoms with Gasteiger partial charge in [0.15, 0.2) is 5.78 Å². The SMILES string of the molecule is O=C(CN(CC1CC1)CC1CC1)c1ccc[nH]1. The van der Waals surface area contributed by atoms with Gasteiger partial charge in [-0.25, -0.2) is 0 Å². The molecule has 92 valence electrons. The van der Waals surface area contributed by atoms with Gasteiger partial charge in [0.2, 0.25) is 0 Å². The predicted octanol–water partition coefficient (Wildman–Crippen LogP) is 2.32. The van der Waals surface area contributed by atoms with E-state index in [9.17, 15) is 4.79 Å². The van der Waals surface area contributed by atoms with Gasteiger partial charge in [0.25, 0.3) is 0 Å². The predicted molar refractivity (Wildman–Crippen MR) is 67.0 cm³/mol. The van der Waals surface area contributed by atoms with E-state index >= 15 is 0 Å². The summed E-state index contributed by atoms with van der Waals surface area (Å²) in [6.45, 7) is 2.85. The summed E-state index contributed by atoms with van der Waals surface area (Å²) in [4.78, 5) is 17.4. The number of rotatable bonds is 7. The second-order valence-electron chi connectivity index (χ2n) is 5.59. The monoisotopic (exact) mass is 232 g/mol. The summed E-state index contributed by atoms with van der Waals surface area (Å²) in [7, 11) is 0. The molecule has 2 aliphatic carbocycles. The van der Waals surface area contributed by atoms with Gasteiger partial charge in [-0.2, -0.15) is 0 Å². The Kier molecular flexibility index (Phi) is 3.02. The Balaban J connectivity index is 1.55. The van der Waals surface area contributed by atoms with Crippen molar-refractivity contribution in [3.8, 4) is 0 Å². The summed E-state index contributed by atoms with van der Waals surface area (Å²) in [5, 5.41) is 0. The van der Waals surface area contributed by atoms with Crippen LogP contribution in [0, 0.1) is 11.8 Å². The number of H-pyrrole nitrogens is 1. The summed E-state index contributed by atoms with van der Waals surface area (Å²) < 4.78 is 0. The first-order valence-corrected chi connectivity index (χ1v) is 6.70. The Bertz CT molecular complexity index is 363. The van der Waals surface area contributed by atoms with E-state index < -0.39 is 0 Å². The van der Waals surface area contributed by atoms with Crippen molar-refractivity contribution in [1.29, 1.82) is 0 Å². The Morgan fingerprint density at radius 2 is 1.88 bits per heavy atom. The Hall–Kier alpha value is -1.09. The maximum absolute atomic E-state index is 12.0. The molecule has 3 heteroatoms. The Labute approximate surface area is 102 Å². The van der Waals surface area contributed by atoms with E-state index in [1.807, 2.05) is 18.3 Å². The molecule has 3 nitrogen and oxygen atoms in total. The van der Waals surface area contributed by atoms with Crippen LogP contribution in [0.15, 0.2) is 18.3 Å². The van der Waals surface area contributed by atoms with E-state index in [1.165, 1.54) is 25.7 Å². The first-order valence-electron chi connectivity index (χ1n) is 6.70. The zero-order chi connectivity index (χ0) is 11.7. The molecular formula is C14H20N2O. The molecule has 2 aliphatic rings. The van der Waals surface area contributed by atoms with Crippen molar-refractivity contribution in [2.75, 3.05) is 19.6 Å². The molecule has 0 atom stereocenters. The highest BCUT2D eigenvalue weighted by Crippen LogP contribution is 2.33. The molecule has 0 spiro atoms. The fourth-order valence-electron chi connectivity index (χ4n) is 2.33. The quantitative estimate of drug-likeness (QED) is 0.732. The number of hydrogen-bond acceptors (Lipinski definition) is 2. The van der Waals surface area contributed by atoms with Crippen molar-refractivity contribution in [2.24, 2.45) is 11.8 Å². The highest BCUT2D eigenvalue weighted by atomic mass is 16.1. The average molecular weight is 232 g/mol. The molecule has 1 heterocycles. The van der Waals surface area contributed by atoms with Crippen LogP contribution in [-0.4, -0.2) is 35.3 Å². The molecule has 1 aromatic heterocycles. The maximum Gasteiger partial charge on any atom is 0.192 e. The van der Waals surface area contributed by atoms with Gasteiger partial charge >= 0.3 is 0 Å². The summed E-state index contributed by atoms with van der Waals surface area (Å²) in [6, 6.07) is 3.76. The van der Waals surface area contributed by atoms with Crippen LogP contribution in [0.3, 0.4) is 0 Å². The third-order valence-corrected chi connectivity index (χ3v) is 3.69. The lowest BCUT2D eigenvalue weighted by atomic mass is 10.2. The number of Topliss-reactive ketones (excluding diaryl/α,β-unsaturated/α-hetero) is 1. The number of carbonyl (C=O) groups is 1. The zero-order valence-electron chi connectivity index (χ0n) is 10.2. The molecule has 0 saturated heterocycles. The normalized spacial score (nSPS) is 19.8. The summed E-state index contributed by atoms with van der Waals surface area (Å²) in [6.07, 6.45) is 7.25. The lowest BCUT2D eigenvalue weighted by Crippen LogP contribution is -2.33. The molecule has 0 unspecified atom stereocenters. The highest BCUT2D eigenvalue weighted by Gasteiger charge is 2.30. The molecular weight excluding hydrogens is 212 g/mol. The molecule has 2 fully saturated rings. The van der Waals surface area contributed by atoms with Gasteiger partial charge in [0.1, 0.15) is 0 Å². The van der Waals surface area contributed by atoms with E-state index in [4.69, 9.17) is 0 Å². The molecule has 2 saturated carbocycles. The molecule has 1 aromatic rings. The molecule has 0 amide bonds. The van der Waals surface area contributed by atoms with Crippen LogP contribution in [0.1, 0.15) is 36.2 Å². The van der Waals surface area contributed by atoms with Crippen LogP contribution in [0.2, 0.25) is 0 Å². The lowest BCUT2D eigenvalue weighted by Gasteiger charge is -2.20. The molecule has 0 aromatic carbocycles. The van der Waals surface area contributed by atoms with Gasteiger partial charge < -0.3 is 4.98 Å². The van der Waals surface area contributed by atoms with Crippen LogP contribution in [0.5, 0.6) is 0 Å². The van der Waals surface area contributed by atoms with Gasteiger partial charge in [0.05, 0.1) is 12.2 Å². The van der Waals surface area contributed by atoms with E-state index in [0.717, 1.165) is 30.6 Å². The number of hydrogen-bond donors (Lipinski definition) is 1. The number of nitrogens with one attached hydrogen (secondary N) is 1. The van der Waals surface area contributed by atoms with Crippen molar-refractivity contribution >= 4 is 5.78 Å². The average Bonchev–Trinajstić information content (AvgIpc) is 3.22. The number of aromatic amines is 1. The lowest BCUT2D eigenvalue weighted by molar-refractivity contribution is 0.0919. The highest BCUT2D eigenvalue weighted by molar-refractivity contribution is 5.95. The van der Waals surface area contributed by atoms with Gasteiger partial charge in [0, 0.05) is 19.3 Å². The van der Waals surface area contributed by atoms with Crippen molar-refractivity contribution < 1.29 is 4.79 Å². The first kappa shape index (κ1) is 11.0. The molecule has 3 rings (SSSR count). The van der Waals surface area contributed by atoms with E-state index in [2.05, 4.69) is 9.88 Å². The second-order valence-corrected chi connectivity index (χ2v) is 5.59. The van der Waals surface area contributed by atoms with Gasteiger partial charge in [-0.3, -0.25) is 9.69 Å². The fourth-order valence-corrected chi connectivity index (χ4v) is 2.33. The molecule has 17 heavy (non-hydrogen) atoms. The fraction of sp³-hybridized carbons (Fsp3) is 0.643. The van der Waals surface area contributed by atoms with Crippen LogP contribution in [-0.2, 0) is 0 Å². The minimum Gasteiger partial charge on any atom is -0.359 e. The van der Waals surface area contributed by atoms with Crippen molar-refractivity contribution in [1.82, 2.24) is 9.88 Å². The molecule has 0 bridgehead atoms. The van der Waals surface area contributed by atoms with Crippen molar-refractivity contribution in [3.05, 3.63) is 24.0 Å². The van der Waals surface area contributed by atoms with Crippen LogP contribution < -0.4 is 0 Å². The number of ketones is 1. The van der Waals surface area contributed by atoms with E-state index in [0.29, 0.717) is 6.54 Å². The minimum absolute atomic E-state index is 0.233. The number of carbonyl (C=O) groups excluding carboxylic acids is 1. The van der Waals surface area contributed by atoms with Crippen molar-refractivity contribution in [2.45, 2.75) is 25.7 Å². The molecule has 1 N–H and O–H groups in total. The van der Waals surface area contributed by atoms with E-state index in [-0.39, 0.29) is 5.78 Å².